The number of anilines is 1. The highest BCUT2D eigenvalue weighted by atomic mass is 35.5. The van der Waals surface area contributed by atoms with Gasteiger partial charge in [-0.15, -0.1) is 0 Å². The van der Waals surface area contributed by atoms with Gasteiger partial charge in [-0.3, -0.25) is 19.2 Å². The van der Waals surface area contributed by atoms with Crippen molar-refractivity contribution in [3.8, 4) is 0 Å². The van der Waals surface area contributed by atoms with Crippen molar-refractivity contribution in [2.75, 3.05) is 38.1 Å². The standard InChI is InChI=1S/C18H21ClFN3O5/c1-12(24)22-6-8-23(9-7-22)17(26)4-5-18(27)28-11-16(25)21-15-10-13(19)2-3-14(15)20/h2-3,10H,4-9,11H2,1H3,(H,21,25). The third-order valence-corrected chi connectivity index (χ3v) is 4.42. The second-order valence-corrected chi connectivity index (χ2v) is 6.66. The molecule has 1 aromatic rings. The van der Waals surface area contributed by atoms with Crippen molar-refractivity contribution < 1.29 is 28.3 Å². The van der Waals surface area contributed by atoms with Gasteiger partial charge in [0.05, 0.1) is 12.1 Å². The van der Waals surface area contributed by atoms with Gasteiger partial charge in [-0.25, -0.2) is 4.39 Å². The lowest BCUT2D eigenvalue weighted by Crippen LogP contribution is -2.50. The Kier molecular flexibility index (Phi) is 7.74. The third kappa shape index (κ3) is 6.49. The van der Waals surface area contributed by atoms with Gasteiger partial charge in [0.15, 0.2) is 6.61 Å². The second kappa shape index (κ2) is 10.0. The minimum absolute atomic E-state index is 0.0355. The normalized spacial score (nSPS) is 13.8. The van der Waals surface area contributed by atoms with Gasteiger partial charge in [0.25, 0.3) is 5.91 Å². The molecule has 0 aliphatic carbocycles. The van der Waals surface area contributed by atoms with Gasteiger partial charge < -0.3 is 19.9 Å². The van der Waals surface area contributed by atoms with E-state index in [0.717, 1.165) is 6.07 Å². The van der Waals surface area contributed by atoms with E-state index in [1.54, 1.807) is 9.80 Å². The van der Waals surface area contributed by atoms with E-state index in [4.69, 9.17) is 16.3 Å². The maximum atomic E-state index is 13.5. The first-order valence-electron chi connectivity index (χ1n) is 8.70. The zero-order valence-corrected chi connectivity index (χ0v) is 16.1. The molecule has 10 heteroatoms. The fourth-order valence-corrected chi connectivity index (χ4v) is 2.81. The van der Waals surface area contributed by atoms with Crippen LogP contribution in [0, 0.1) is 5.82 Å². The number of benzene rings is 1. The second-order valence-electron chi connectivity index (χ2n) is 6.22. The summed E-state index contributed by atoms with van der Waals surface area (Å²) in [4.78, 5) is 50.1. The number of hydrogen-bond donors (Lipinski definition) is 1. The molecule has 0 unspecified atom stereocenters. The SMILES string of the molecule is CC(=O)N1CCN(C(=O)CCC(=O)OCC(=O)Nc2cc(Cl)ccc2F)CC1. The van der Waals surface area contributed by atoms with Crippen molar-refractivity contribution in [2.24, 2.45) is 0 Å². The Morgan fingerprint density at radius 2 is 1.75 bits per heavy atom. The molecule has 152 valence electrons. The first-order valence-corrected chi connectivity index (χ1v) is 9.08. The quantitative estimate of drug-likeness (QED) is 0.712. The van der Waals surface area contributed by atoms with E-state index in [1.165, 1.54) is 19.1 Å². The van der Waals surface area contributed by atoms with E-state index in [0.29, 0.717) is 26.2 Å². The summed E-state index contributed by atoms with van der Waals surface area (Å²) in [5.41, 5.74) is -0.117. The summed E-state index contributed by atoms with van der Waals surface area (Å²) in [6.45, 7) is 2.64. The molecule has 0 saturated carbocycles. The fraction of sp³-hybridized carbons (Fsp3) is 0.444. The number of hydrogen-bond acceptors (Lipinski definition) is 5. The molecule has 1 heterocycles. The zero-order chi connectivity index (χ0) is 20.7. The number of piperazine rings is 1. The lowest BCUT2D eigenvalue weighted by atomic mass is 10.2. The Hall–Kier alpha value is -2.68. The maximum absolute atomic E-state index is 13.5. The highest BCUT2D eigenvalue weighted by Gasteiger charge is 2.22. The number of ether oxygens (including phenoxy) is 1. The molecule has 0 bridgehead atoms. The fourth-order valence-electron chi connectivity index (χ4n) is 2.64. The number of carbonyl (C=O) groups excluding carboxylic acids is 4. The van der Waals surface area contributed by atoms with Crippen molar-refractivity contribution in [3.05, 3.63) is 29.0 Å². The molecular weight excluding hydrogens is 393 g/mol. The number of rotatable bonds is 6. The number of amides is 3. The van der Waals surface area contributed by atoms with Crippen molar-refractivity contribution in [1.29, 1.82) is 0 Å². The van der Waals surface area contributed by atoms with E-state index in [1.807, 2.05) is 0 Å². The summed E-state index contributed by atoms with van der Waals surface area (Å²) in [6, 6.07) is 3.68. The van der Waals surface area contributed by atoms with Crippen molar-refractivity contribution >= 4 is 41.0 Å². The summed E-state index contributed by atoms with van der Waals surface area (Å²) in [5, 5.41) is 2.50. The number of nitrogens with zero attached hydrogens (tertiary/aromatic N) is 2. The first kappa shape index (κ1) is 21.6. The summed E-state index contributed by atoms with van der Waals surface area (Å²) in [7, 11) is 0. The van der Waals surface area contributed by atoms with Crippen molar-refractivity contribution in [2.45, 2.75) is 19.8 Å². The predicted molar refractivity (Wildman–Crippen MR) is 99.1 cm³/mol. The highest BCUT2D eigenvalue weighted by Crippen LogP contribution is 2.19. The van der Waals surface area contributed by atoms with E-state index in [2.05, 4.69) is 5.32 Å². The zero-order valence-electron chi connectivity index (χ0n) is 15.4. The van der Waals surface area contributed by atoms with Gasteiger partial charge in [0, 0.05) is 44.5 Å². The number of halogens is 2. The summed E-state index contributed by atoms with van der Waals surface area (Å²) in [5.74, 6) is -2.35. The van der Waals surface area contributed by atoms with Crippen molar-refractivity contribution in [3.63, 3.8) is 0 Å². The Bertz CT molecular complexity index is 766. The largest absolute Gasteiger partial charge is 0.456 e. The summed E-state index contributed by atoms with van der Waals surface area (Å²) < 4.78 is 18.3. The average Bonchev–Trinajstić information content (AvgIpc) is 2.67. The molecule has 1 aliphatic heterocycles. The molecule has 0 spiro atoms. The highest BCUT2D eigenvalue weighted by molar-refractivity contribution is 6.30. The van der Waals surface area contributed by atoms with Crippen LogP contribution in [0.4, 0.5) is 10.1 Å². The molecule has 0 atom stereocenters. The van der Waals surface area contributed by atoms with Crippen LogP contribution in [0.2, 0.25) is 5.02 Å². The number of nitrogens with one attached hydrogen (secondary N) is 1. The van der Waals surface area contributed by atoms with Gasteiger partial charge in [-0.2, -0.15) is 0 Å². The van der Waals surface area contributed by atoms with Crippen LogP contribution in [-0.2, 0) is 23.9 Å². The number of carbonyl (C=O) groups is 4. The van der Waals surface area contributed by atoms with Gasteiger partial charge in [0.1, 0.15) is 5.82 Å². The molecular formula is C18H21ClFN3O5. The van der Waals surface area contributed by atoms with E-state index in [-0.39, 0.29) is 35.4 Å². The van der Waals surface area contributed by atoms with E-state index >= 15 is 0 Å². The molecule has 1 aliphatic rings. The first-order chi connectivity index (χ1) is 13.3. The van der Waals surface area contributed by atoms with Crippen LogP contribution in [0.5, 0.6) is 0 Å². The van der Waals surface area contributed by atoms with Crippen LogP contribution in [0.1, 0.15) is 19.8 Å². The third-order valence-electron chi connectivity index (χ3n) is 4.19. The van der Waals surface area contributed by atoms with Gasteiger partial charge >= 0.3 is 5.97 Å². The number of esters is 1. The van der Waals surface area contributed by atoms with Crippen LogP contribution < -0.4 is 5.32 Å². The van der Waals surface area contributed by atoms with Crippen LogP contribution >= 0.6 is 11.6 Å². The summed E-state index contributed by atoms with van der Waals surface area (Å²) in [6.07, 6.45) is -0.228. The van der Waals surface area contributed by atoms with Crippen molar-refractivity contribution in [1.82, 2.24) is 9.80 Å². The van der Waals surface area contributed by atoms with Crippen LogP contribution in [0.3, 0.4) is 0 Å². The van der Waals surface area contributed by atoms with Crippen LogP contribution in [-0.4, -0.2) is 66.3 Å². The molecule has 1 fully saturated rings. The molecule has 3 amide bonds. The minimum Gasteiger partial charge on any atom is -0.456 e. The van der Waals surface area contributed by atoms with Gasteiger partial charge in [-0.05, 0) is 18.2 Å². The Labute approximate surface area is 166 Å². The van der Waals surface area contributed by atoms with Crippen LogP contribution in [0.15, 0.2) is 18.2 Å². The van der Waals surface area contributed by atoms with Gasteiger partial charge in [-0.1, -0.05) is 11.6 Å². The Morgan fingerprint density at radius 1 is 1.11 bits per heavy atom. The molecule has 0 radical (unpaired) electrons. The molecule has 1 N–H and O–H groups in total. The lowest BCUT2D eigenvalue weighted by Gasteiger charge is -2.34. The smallest absolute Gasteiger partial charge is 0.306 e. The molecule has 1 saturated heterocycles. The average molecular weight is 414 g/mol. The van der Waals surface area contributed by atoms with E-state index in [9.17, 15) is 23.6 Å². The van der Waals surface area contributed by atoms with Gasteiger partial charge in [0.2, 0.25) is 11.8 Å². The molecule has 2 rings (SSSR count). The Morgan fingerprint density at radius 3 is 2.39 bits per heavy atom. The maximum Gasteiger partial charge on any atom is 0.306 e. The topological polar surface area (TPSA) is 96.0 Å². The van der Waals surface area contributed by atoms with E-state index < -0.39 is 24.3 Å². The Balaban J connectivity index is 1.68. The van der Waals surface area contributed by atoms with Crippen LogP contribution in [0.25, 0.3) is 0 Å². The molecule has 28 heavy (non-hydrogen) atoms. The molecule has 8 nitrogen and oxygen atoms in total. The lowest BCUT2D eigenvalue weighted by molar-refractivity contribution is -0.149. The monoisotopic (exact) mass is 413 g/mol. The summed E-state index contributed by atoms with van der Waals surface area (Å²) >= 11 is 5.73. The molecule has 0 aromatic heterocycles. The molecule has 1 aromatic carbocycles. The predicted octanol–water partition coefficient (Wildman–Crippen LogP) is 1.43. The minimum atomic E-state index is -0.721.